The lowest BCUT2D eigenvalue weighted by molar-refractivity contribution is 0.00184. The molecule has 0 aromatic heterocycles. The smallest absolute Gasteiger partial charge is 0.0597 e. The zero-order valence-corrected chi connectivity index (χ0v) is 10.0. The summed E-state index contributed by atoms with van der Waals surface area (Å²) < 4.78 is 2.11. The maximum atomic E-state index is 9.51. The second kappa shape index (κ2) is 3.78. The minimum atomic E-state index is -0.481. The van der Waals surface area contributed by atoms with Crippen molar-refractivity contribution < 1.29 is 10.2 Å². The van der Waals surface area contributed by atoms with E-state index in [9.17, 15) is 10.2 Å². The Morgan fingerprint density at radius 1 is 1.42 bits per heavy atom. The number of hydrogen-bond acceptors (Lipinski definition) is 2. The van der Waals surface area contributed by atoms with Gasteiger partial charge in [-0.1, -0.05) is 31.9 Å². The van der Waals surface area contributed by atoms with Crippen LogP contribution in [0, 0.1) is 5.41 Å². The van der Waals surface area contributed by atoms with E-state index >= 15 is 0 Å². The van der Waals surface area contributed by atoms with Crippen molar-refractivity contribution in [2.24, 2.45) is 5.41 Å². The topological polar surface area (TPSA) is 40.5 Å². The molecule has 0 fully saturated rings. The largest absolute Gasteiger partial charge is 0.396 e. The van der Waals surface area contributed by atoms with Gasteiger partial charge < -0.3 is 10.2 Å². The minimum absolute atomic E-state index is 0.0227. The van der Waals surface area contributed by atoms with E-state index in [2.05, 4.69) is 31.9 Å². The first-order valence-electron chi connectivity index (χ1n) is 3.84. The Hall–Kier alpha value is 0.620. The van der Waals surface area contributed by atoms with Gasteiger partial charge in [0.2, 0.25) is 0 Å². The molecule has 1 aliphatic carbocycles. The lowest BCUT2D eigenvalue weighted by Gasteiger charge is -2.29. The van der Waals surface area contributed by atoms with Gasteiger partial charge in [0.1, 0.15) is 0 Å². The summed E-state index contributed by atoms with van der Waals surface area (Å²) >= 11 is 6.80. The molecule has 1 rings (SSSR count). The van der Waals surface area contributed by atoms with Crippen LogP contribution in [-0.2, 0) is 0 Å². The van der Waals surface area contributed by atoms with Crippen molar-refractivity contribution in [2.75, 3.05) is 6.61 Å². The normalized spacial score (nSPS) is 24.8. The van der Waals surface area contributed by atoms with Gasteiger partial charge in [0.15, 0.2) is 0 Å². The second-order valence-corrected chi connectivity index (χ2v) is 5.27. The minimum Gasteiger partial charge on any atom is -0.396 e. The van der Waals surface area contributed by atoms with Gasteiger partial charge in [0, 0.05) is 14.4 Å². The molecule has 1 unspecified atom stereocenters. The Morgan fingerprint density at radius 2 is 1.83 bits per heavy atom. The van der Waals surface area contributed by atoms with Gasteiger partial charge in [0.25, 0.3) is 0 Å². The Balaban J connectivity index is 2.78. The van der Waals surface area contributed by atoms with E-state index in [1.165, 1.54) is 0 Å². The van der Waals surface area contributed by atoms with E-state index in [1.54, 1.807) is 6.92 Å². The van der Waals surface area contributed by atoms with E-state index in [1.807, 2.05) is 0 Å². The molecule has 70 valence electrons. The molecule has 1 atom stereocenters. The van der Waals surface area contributed by atoms with Crippen LogP contribution in [0.2, 0.25) is 0 Å². The number of hydrogen-bond donors (Lipinski definition) is 2. The number of aliphatic hydroxyl groups excluding tert-OH is 2. The van der Waals surface area contributed by atoms with Crippen LogP contribution < -0.4 is 0 Å². The van der Waals surface area contributed by atoms with Crippen LogP contribution in [0.4, 0.5) is 0 Å². The van der Waals surface area contributed by atoms with Crippen LogP contribution >= 0.6 is 31.9 Å². The van der Waals surface area contributed by atoms with Gasteiger partial charge in [-0.3, -0.25) is 0 Å². The zero-order chi connectivity index (χ0) is 9.35. The SMILES string of the molecule is CC(O)C1(CO)CC(Br)=C(Br)C1. The fourth-order valence-corrected chi connectivity index (χ4v) is 2.81. The monoisotopic (exact) mass is 298 g/mol. The lowest BCUT2D eigenvalue weighted by atomic mass is 9.81. The van der Waals surface area contributed by atoms with Crippen LogP contribution in [-0.4, -0.2) is 22.9 Å². The first kappa shape index (κ1) is 10.7. The van der Waals surface area contributed by atoms with Gasteiger partial charge in [0.05, 0.1) is 12.7 Å². The van der Waals surface area contributed by atoms with Crippen molar-refractivity contribution in [1.29, 1.82) is 0 Å². The van der Waals surface area contributed by atoms with E-state index in [0.29, 0.717) is 12.8 Å². The highest BCUT2D eigenvalue weighted by molar-refractivity contribution is 9.14. The fourth-order valence-electron chi connectivity index (χ4n) is 1.41. The van der Waals surface area contributed by atoms with Gasteiger partial charge in [-0.2, -0.15) is 0 Å². The molecule has 1 aliphatic rings. The molecule has 0 aromatic rings. The highest BCUT2D eigenvalue weighted by atomic mass is 79.9. The number of rotatable bonds is 2. The number of aliphatic hydroxyl groups is 2. The summed E-state index contributed by atoms with van der Waals surface area (Å²) in [5.74, 6) is 0. The third-order valence-electron chi connectivity index (χ3n) is 2.51. The first-order valence-corrected chi connectivity index (χ1v) is 5.42. The van der Waals surface area contributed by atoms with Crippen molar-refractivity contribution in [3.05, 3.63) is 8.96 Å². The summed E-state index contributed by atoms with van der Waals surface area (Å²) in [6, 6.07) is 0. The molecule has 0 amide bonds. The summed E-state index contributed by atoms with van der Waals surface area (Å²) in [4.78, 5) is 0. The molecule has 0 spiro atoms. The summed E-state index contributed by atoms with van der Waals surface area (Å²) in [6.45, 7) is 1.75. The molecule has 2 nitrogen and oxygen atoms in total. The molecule has 12 heavy (non-hydrogen) atoms. The molecular formula is C8H12Br2O2. The molecule has 0 saturated heterocycles. The van der Waals surface area contributed by atoms with Gasteiger partial charge in [-0.25, -0.2) is 0 Å². The van der Waals surface area contributed by atoms with Crippen LogP contribution in [0.25, 0.3) is 0 Å². The van der Waals surface area contributed by atoms with Crippen molar-refractivity contribution in [1.82, 2.24) is 0 Å². The standard InChI is InChI=1S/C8H12Br2O2/c1-5(12)8(4-11)2-6(9)7(10)3-8/h5,11-12H,2-4H2,1H3. The van der Waals surface area contributed by atoms with Crippen molar-refractivity contribution in [2.45, 2.75) is 25.9 Å². The second-order valence-electron chi connectivity index (χ2n) is 3.36. The maximum absolute atomic E-state index is 9.51. The third kappa shape index (κ3) is 1.76. The van der Waals surface area contributed by atoms with Crippen molar-refractivity contribution in [3.8, 4) is 0 Å². The van der Waals surface area contributed by atoms with Crippen LogP contribution in [0.1, 0.15) is 19.8 Å². The Kier molecular flexibility index (Phi) is 3.37. The van der Waals surface area contributed by atoms with Gasteiger partial charge in [-0.15, -0.1) is 0 Å². The quantitative estimate of drug-likeness (QED) is 0.820. The van der Waals surface area contributed by atoms with Crippen molar-refractivity contribution >= 4 is 31.9 Å². The highest BCUT2D eigenvalue weighted by Crippen LogP contribution is 2.48. The first-order chi connectivity index (χ1) is 5.52. The maximum Gasteiger partial charge on any atom is 0.0597 e. The molecule has 0 saturated carbocycles. The molecule has 0 heterocycles. The third-order valence-corrected chi connectivity index (χ3v) is 4.56. The summed E-state index contributed by atoms with van der Waals surface area (Å²) in [7, 11) is 0. The summed E-state index contributed by atoms with van der Waals surface area (Å²) in [6.07, 6.45) is 0.939. The van der Waals surface area contributed by atoms with Crippen LogP contribution in [0.15, 0.2) is 8.96 Å². The van der Waals surface area contributed by atoms with Gasteiger partial charge >= 0.3 is 0 Å². The van der Waals surface area contributed by atoms with Crippen LogP contribution in [0.3, 0.4) is 0 Å². The Morgan fingerprint density at radius 3 is 2.00 bits per heavy atom. The summed E-state index contributed by atoms with van der Waals surface area (Å²) in [5, 5.41) is 18.7. The highest BCUT2D eigenvalue weighted by Gasteiger charge is 2.40. The fraction of sp³-hybridized carbons (Fsp3) is 0.750. The molecule has 0 aromatic carbocycles. The Bertz CT molecular complexity index is 197. The predicted octanol–water partition coefficient (Wildman–Crippen LogP) is 2.14. The number of allylic oxidation sites excluding steroid dienone is 2. The van der Waals surface area contributed by atoms with E-state index < -0.39 is 6.10 Å². The molecule has 0 aliphatic heterocycles. The lowest BCUT2D eigenvalue weighted by Crippen LogP contribution is -2.34. The number of halogens is 2. The van der Waals surface area contributed by atoms with Gasteiger partial charge in [-0.05, 0) is 19.8 Å². The average Bonchev–Trinajstić information content (AvgIpc) is 2.29. The average molecular weight is 300 g/mol. The van der Waals surface area contributed by atoms with Crippen LogP contribution in [0.5, 0.6) is 0 Å². The van der Waals surface area contributed by atoms with E-state index in [-0.39, 0.29) is 12.0 Å². The molecule has 0 radical (unpaired) electrons. The van der Waals surface area contributed by atoms with E-state index in [0.717, 1.165) is 8.96 Å². The summed E-state index contributed by atoms with van der Waals surface area (Å²) in [5.41, 5.74) is -0.377. The molecular weight excluding hydrogens is 288 g/mol. The molecule has 2 N–H and O–H groups in total. The Labute approximate surface area is 88.9 Å². The predicted molar refractivity (Wildman–Crippen MR) is 55.3 cm³/mol. The van der Waals surface area contributed by atoms with Crippen molar-refractivity contribution in [3.63, 3.8) is 0 Å². The molecule has 4 heteroatoms. The van der Waals surface area contributed by atoms with E-state index in [4.69, 9.17) is 0 Å². The molecule has 0 bridgehead atoms. The zero-order valence-electron chi connectivity index (χ0n) is 6.85.